The van der Waals surface area contributed by atoms with Gasteiger partial charge in [0, 0.05) is 11.1 Å². The molecule has 146 valence electrons. The van der Waals surface area contributed by atoms with Gasteiger partial charge in [-0.05, 0) is 31.0 Å². The number of carbonyl (C=O) groups excluding carboxylic acids is 3. The summed E-state index contributed by atoms with van der Waals surface area (Å²) >= 11 is 0. The predicted octanol–water partition coefficient (Wildman–Crippen LogP) is 3.02. The van der Waals surface area contributed by atoms with Crippen molar-refractivity contribution in [2.24, 2.45) is 11.8 Å². The molecule has 0 radical (unpaired) electrons. The van der Waals surface area contributed by atoms with Gasteiger partial charge in [-0.25, -0.2) is 4.98 Å². The molecule has 4 rings (SSSR count). The minimum Gasteiger partial charge on any atom is -0.440 e. The van der Waals surface area contributed by atoms with Gasteiger partial charge < -0.3 is 9.73 Å². The molecular formula is C21H23N3O4. The maximum atomic E-state index is 12.5. The van der Waals surface area contributed by atoms with Gasteiger partial charge in [0.15, 0.2) is 5.58 Å². The highest BCUT2D eigenvalue weighted by atomic mass is 16.3. The second kappa shape index (κ2) is 6.58. The fraction of sp³-hybridized carbons (Fsp3) is 0.429. The van der Waals surface area contributed by atoms with Crippen LogP contribution in [0.1, 0.15) is 39.5 Å². The van der Waals surface area contributed by atoms with Gasteiger partial charge >= 0.3 is 0 Å². The standard InChI is InChI=1S/C21H23N3O4/c1-21(2,3)20-23-15-10-12(8-9-16(15)28-20)22-17(25)11-24-18(26)13-6-4-5-7-14(13)19(24)27/h4-5,8-10,13-14H,6-7,11H2,1-3H3,(H,22,25). The summed E-state index contributed by atoms with van der Waals surface area (Å²) in [4.78, 5) is 43.0. The number of allylic oxidation sites excluding steroid dienone is 2. The number of fused-ring (bicyclic) bond motifs is 2. The van der Waals surface area contributed by atoms with Crippen LogP contribution in [0.2, 0.25) is 0 Å². The van der Waals surface area contributed by atoms with E-state index in [-0.39, 0.29) is 35.6 Å². The molecule has 1 N–H and O–H groups in total. The van der Waals surface area contributed by atoms with E-state index >= 15 is 0 Å². The van der Waals surface area contributed by atoms with Crippen molar-refractivity contribution < 1.29 is 18.8 Å². The van der Waals surface area contributed by atoms with E-state index in [0.29, 0.717) is 35.5 Å². The van der Waals surface area contributed by atoms with Crippen LogP contribution in [0.15, 0.2) is 34.8 Å². The number of nitrogens with zero attached hydrogens (tertiary/aromatic N) is 2. The summed E-state index contributed by atoms with van der Waals surface area (Å²) in [7, 11) is 0. The van der Waals surface area contributed by atoms with Crippen molar-refractivity contribution in [3.8, 4) is 0 Å². The lowest BCUT2D eigenvalue weighted by atomic mass is 9.85. The minimum atomic E-state index is -0.410. The molecule has 1 aliphatic carbocycles. The lowest BCUT2D eigenvalue weighted by Gasteiger charge is -2.14. The van der Waals surface area contributed by atoms with Gasteiger partial charge in [0.25, 0.3) is 0 Å². The molecule has 28 heavy (non-hydrogen) atoms. The number of oxazole rings is 1. The largest absolute Gasteiger partial charge is 0.440 e. The molecule has 2 unspecified atom stereocenters. The first-order valence-corrected chi connectivity index (χ1v) is 9.45. The molecular weight excluding hydrogens is 358 g/mol. The number of anilines is 1. The zero-order valence-electron chi connectivity index (χ0n) is 16.2. The zero-order chi connectivity index (χ0) is 20.1. The molecule has 1 aromatic heterocycles. The quantitative estimate of drug-likeness (QED) is 0.652. The Labute approximate surface area is 162 Å². The van der Waals surface area contributed by atoms with Crippen LogP contribution in [0.4, 0.5) is 5.69 Å². The van der Waals surface area contributed by atoms with E-state index in [1.54, 1.807) is 18.2 Å². The fourth-order valence-electron chi connectivity index (χ4n) is 3.69. The molecule has 1 saturated heterocycles. The predicted molar refractivity (Wildman–Crippen MR) is 103 cm³/mol. The topological polar surface area (TPSA) is 92.5 Å². The lowest BCUT2D eigenvalue weighted by molar-refractivity contribution is -0.142. The van der Waals surface area contributed by atoms with Crippen molar-refractivity contribution in [1.29, 1.82) is 0 Å². The molecule has 3 amide bonds. The Morgan fingerprint density at radius 3 is 2.43 bits per heavy atom. The normalized spacial score (nSPS) is 22.0. The van der Waals surface area contributed by atoms with Crippen LogP contribution in [0.5, 0.6) is 0 Å². The van der Waals surface area contributed by atoms with Gasteiger partial charge in [-0.3, -0.25) is 19.3 Å². The van der Waals surface area contributed by atoms with Crippen LogP contribution in [-0.2, 0) is 19.8 Å². The smallest absolute Gasteiger partial charge is 0.244 e. The fourth-order valence-corrected chi connectivity index (χ4v) is 3.69. The van der Waals surface area contributed by atoms with Gasteiger partial charge in [-0.15, -0.1) is 0 Å². The number of hydrogen-bond donors (Lipinski definition) is 1. The number of imide groups is 1. The Kier molecular flexibility index (Phi) is 4.33. The average Bonchev–Trinajstić information content (AvgIpc) is 3.17. The number of rotatable bonds is 3. The van der Waals surface area contributed by atoms with E-state index in [1.807, 2.05) is 32.9 Å². The van der Waals surface area contributed by atoms with Crippen LogP contribution in [0.25, 0.3) is 11.1 Å². The SMILES string of the molecule is CC(C)(C)c1nc2cc(NC(=O)CN3C(=O)C4CC=CCC4C3=O)ccc2o1. The molecule has 7 nitrogen and oxygen atoms in total. The van der Waals surface area contributed by atoms with E-state index in [4.69, 9.17) is 4.42 Å². The maximum absolute atomic E-state index is 12.5. The summed E-state index contributed by atoms with van der Waals surface area (Å²) in [5.74, 6) is -0.949. The van der Waals surface area contributed by atoms with E-state index in [9.17, 15) is 14.4 Å². The van der Waals surface area contributed by atoms with E-state index in [0.717, 1.165) is 4.90 Å². The monoisotopic (exact) mass is 381 g/mol. The maximum Gasteiger partial charge on any atom is 0.244 e. The third-order valence-electron chi connectivity index (χ3n) is 5.21. The van der Waals surface area contributed by atoms with E-state index in [1.165, 1.54) is 0 Å². The number of benzene rings is 1. The van der Waals surface area contributed by atoms with Gasteiger partial charge in [0.2, 0.25) is 23.6 Å². The highest BCUT2D eigenvalue weighted by Crippen LogP contribution is 2.35. The number of aromatic nitrogens is 1. The van der Waals surface area contributed by atoms with Crippen LogP contribution >= 0.6 is 0 Å². The molecule has 2 atom stereocenters. The lowest BCUT2D eigenvalue weighted by Crippen LogP contribution is -2.38. The van der Waals surface area contributed by atoms with Crippen molar-refractivity contribution in [2.45, 2.75) is 39.0 Å². The van der Waals surface area contributed by atoms with Crippen LogP contribution in [0, 0.1) is 11.8 Å². The highest BCUT2D eigenvalue weighted by molar-refractivity contribution is 6.09. The Morgan fingerprint density at radius 2 is 1.82 bits per heavy atom. The molecule has 0 bridgehead atoms. The van der Waals surface area contributed by atoms with Gasteiger partial charge in [-0.2, -0.15) is 0 Å². The Balaban J connectivity index is 1.46. The summed E-state index contributed by atoms with van der Waals surface area (Å²) in [6, 6.07) is 5.19. The average molecular weight is 381 g/mol. The third-order valence-corrected chi connectivity index (χ3v) is 5.21. The van der Waals surface area contributed by atoms with Crippen LogP contribution < -0.4 is 5.32 Å². The van der Waals surface area contributed by atoms with E-state index < -0.39 is 5.91 Å². The third kappa shape index (κ3) is 3.21. The summed E-state index contributed by atoms with van der Waals surface area (Å²) in [6.45, 7) is 5.77. The Hall–Kier alpha value is -2.96. The Morgan fingerprint density at radius 1 is 1.18 bits per heavy atom. The first kappa shape index (κ1) is 18.4. The van der Waals surface area contributed by atoms with E-state index in [2.05, 4.69) is 10.3 Å². The van der Waals surface area contributed by atoms with Crippen molar-refractivity contribution in [1.82, 2.24) is 9.88 Å². The molecule has 0 saturated carbocycles. The number of nitrogens with one attached hydrogen (secondary N) is 1. The molecule has 1 aromatic carbocycles. The first-order valence-electron chi connectivity index (χ1n) is 9.45. The molecule has 7 heteroatoms. The van der Waals surface area contributed by atoms with Crippen molar-refractivity contribution in [2.75, 3.05) is 11.9 Å². The summed E-state index contributed by atoms with van der Waals surface area (Å²) in [5, 5.41) is 2.75. The molecule has 2 heterocycles. The number of amides is 3. The molecule has 2 aromatic rings. The second-order valence-electron chi connectivity index (χ2n) is 8.42. The van der Waals surface area contributed by atoms with Gasteiger partial charge in [-0.1, -0.05) is 32.9 Å². The van der Waals surface area contributed by atoms with Crippen molar-refractivity contribution in [3.05, 3.63) is 36.2 Å². The highest BCUT2D eigenvalue weighted by Gasteiger charge is 2.47. The summed E-state index contributed by atoms with van der Waals surface area (Å²) in [5.41, 5.74) is 1.62. The molecule has 1 fully saturated rings. The molecule has 2 aliphatic rings. The molecule has 0 spiro atoms. The first-order chi connectivity index (χ1) is 13.2. The van der Waals surface area contributed by atoms with Gasteiger partial charge in [0.1, 0.15) is 12.1 Å². The zero-order valence-corrected chi connectivity index (χ0v) is 16.2. The summed E-state index contributed by atoms with van der Waals surface area (Å²) < 4.78 is 5.76. The second-order valence-corrected chi connectivity index (χ2v) is 8.42. The van der Waals surface area contributed by atoms with Crippen LogP contribution in [0.3, 0.4) is 0 Å². The van der Waals surface area contributed by atoms with Crippen molar-refractivity contribution >= 4 is 34.5 Å². The summed E-state index contributed by atoms with van der Waals surface area (Å²) in [6.07, 6.45) is 4.97. The molecule has 1 aliphatic heterocycles. The number of hydrogen-bond acceptors (Lipinski definition) is 5. The van der Waals surface area contributed by atoms with Crippen LogP contribution in [-0.4, -0.2) is 34.2 Å². The minimum absolute atomic E-state index is 0.218. The van der Waals surface area contributed by atoms with Crippen molar-refractivity contribution in [3.63, 3.8) is 0 Å². The number of likely N-dealkylation sites (tertiary alicyclic amines) is 1. The Bertz CT molecular complexity index is 973. The van der Waals surface area contributed by atoms with Gasteiger partial charge in [0.05, 0.1) is 11.8 Å². The number of carbonyl (C=O) groups is 3.